The highest BCUT2D eigenvalue weighted by Crippen LogP contribution is 2.34. The highest BCUT2D eigenvalue weighted by Gasteiger charge is 2.38. The number of hydrogen-bond acceptors (Lipinski definition) is 5. The third kappa shape index (κ3) is 9.66. The van der Waals surface area contributed by atoms with Crippen LogP contribution in [0.25, 0.3) is 10.8 Å². The van der Waals surface area contributed by atoms with Gasteiger partial charge in [-0.1, -0.05) is 127 Å². The van der Waals surface area contributed by atoms with Crippen molar-refractivity contribution in [2.24, 2.45) is 16.7 Å². The predicted octanol–water partition coefficient (Wildman–Crippen LogP) is 7.33. The molecule has 3 aromatic carbocycles. The number of nitrogens with zero attached hydrogens (tertiary/aromatic N) is 2. The maximum absolute atomic E-state index is 13.8. The Bertz CT molecular complexity index is 1860. The van der Waals surface area contributed by atoms with Crippen LogP contribution in [0.2, 0.25) is 0 Å². The topological polar surface area (TPSA) is 123 Å². The number of aromatic nitrogens is 2. The van der Waals surface area contributed by atoms with E-state index in [-0.39, 0.29) is 36.3 Å². The van der Waals surface area contributed by atoms with Gasteiger partial charge in [-0.25, -0.2) is 9.78 Å². The van der Waals surface area contributed by atoms with E-state index in [1.54, 1.807) is 6.07 Å². The zero-order valence-electron chi connectivity index (χ0n) is 29.1. The highest BCUT2D eigenvalue weighted by atomic mass is 16.5. The number of hydrogen-bond donors (Lipinski definition) is 3. The van der Waals surface area contributed by atoms with Crippen LogP contribution in [0.5, 0.6) is 0 Å². The maximum atomic E-state index is 13.8. The number of rotatable bonds is 14. The summed E-state index contributed by atoms with van der Waals surface area (Å²) in [6.45, 7) is 15.8. The second-order valence-electron chi connectivity index (χ2n) is 13.8. The van der Waals surface area contributed by atoms with Crippen LogP contribution >= 0.6 is 0 Å². The fourth-order valence-corrected chi connectivity index (χ4v) is 5.25. The summed E-state index contributed by atoms with van der Waals surface area (Å²) in [5.41, 5.74) is 4.22. The number of ether oxygens (including phenoxy) is 1. The van der Waals surface area contributed by atoms with Crippen molar-refractivity contribution >= 4 is 34.4 Å². The molecule has 0 saturated carbocycles. The van der Waals surface area contributed by atoms with E-state index in [1.807, 2.05) is 99.7 Å². The normalized spacial score (nSPS) is 13.8. The van der Waals surface area contributed by atoms with Crippen molar-refractivity contribution in [3.05, 3.63) is 126 Å². The van der Waals surface area contributed by atoms with Crippen LogP contribution in [-0.2, 0) is 25.7 Å². The Kier molecular flexibility index (Phi) is 11.8. The van der Waals surface area contributed by atoms with Crippen molar-refractivity contribution in [3.63, 3.8) is 0 Å². The minimum atomic E-state index is -1.08. The van der Waals surface area contributed by atoms with Crippen molar-refractivity contribution in [2.45, 2.75) is 60.2 Å². The molecule has 256 valence electrons. The zero-order chi connectivity index (χ0) is 35.8. The molecule has 0 aliphatic heterocycles. The molecule has 0 fully saturated rings. The first-order valence-electron chi connectivity index (χ1n) is 16.3. The predicted molar refractivity (Wildman–Crippen MR) is 193 cm³/mol. The van der Waals surface area contributed by atoms with Gasteiger partial charge in [-0.3, -0.25) is 9.59 Å². The van der Waals surface area contributed by atoms with Gasteiger partial charge in [0.25, 0.3) is 5.91 Å². The van der Waals surface area contributed by atoms with E-state index in [1.165, 1.54) is 17.1 Å². The lowest BCUT2D eigenvalue weighted by Crippen LogP contribution is -2.52. The minimum Gasteiger partial charge on any atom is -0.479 e. The van der Waals surface area contributed by atoms with E-state index in [9.17, 15) is 19.5 Å². The van der Waals surface area contributed by atoms with E-state index in [4.69, 9.17) is 4.74 Å². The van der Waals surface area contributed by atoms with E-state index in [0.717, 1.165) is 21.9 Å². The molecule has 0 bridgehead atoms. The Morgan fingerprint density at radius 1 is 1.00 bits per heavy atom. The molecule has 1 aromatic heterocycles. The van der Waals surface area contributed by atoms with Gasteiger partial charge >= 0.3 is 5.97 Å². The van der Waals surface area contributed by atoms with Crippen molar-refractivity contribution in [3.8, 4) is 0 Å². The van der Waals surface area contributed by atoms with Crippen LogP contribution in [0, 0.1) is 16.7 Å². The standard InChI is InChI=1S/C40H46N4O5/c1-8-29(20-21-39(3,4)5)27(2)40(6,7)38(48)42-33(25-49-24-28-14-10-9-11-15-28)36(45)43-34-23-44(26-41-34)35(37(46)47)32-19-18-30-16-12-13-17-31(30)22-32/h9-23,26-27,33,35H,1,24-25H2,2-7H3,(H,42,48)(H,43,45)(H,46,47)/b21-20-/t27?,33-,35?/m1/s1. The number of nitrogens with one attached hydrogen (secondary N) is 2. The Morgan fingerprint density at radius 3 is 2.33 bits per heavy atom. The summed E-state index contributed by atoms with van der Waals surface area (Å²) in [4.78, 5) is 44.2. The number of imidazole rings is 1. The SMILES string of the molecule is C=C=C(/C=C\C(C)(C)C)C(C)C(C)(C)C(=O)N[C@H](COCc1ccccc1)C(=O)Nc1cn(C(C(=O)O)c2ccc3ccccc3c2)cn1. The second kappa shape index (κ2) is 15.8. The summed E-state index contributed by atoms with van der Waals surface area (Å²) in [6.07, 6.45) is 6.82. The summed E-state index contributed by atoms with van der Waals surface area (Å²) in [6, 6.07) is 20.5. The van der Waals surface area contributed by atoms with Crippen molar-refractivity contribution in [1.29, 1.82) is 0 Å². The largest absolute Gasteiger partial charge is 0.479 e. The average molecular weight is 663 g/mol. The lowest BCUT2D eigenvalue weighted by atomic mass is 9.74. The number of carboxylic acids is 1. The van der Waals surface area contributed by atoms with Gasteiger partial charge in [-0.15, -0.1) is 5.73 Å². The molecule has 0 radical (unpaired) electrons. The zero-order valence-corrected chi connectivity index (χ0v) is 29.1. The van der Waals surface area contributed by atoms with Gasteiger partial charge in [0.1, 0.15) is 6.04 Å². The molecule has 9 heteroatoms. The highest BCUT2D eigenvalue weighted by molar-refractivity contribution is 5.97. The van der Waals surface area contributed by atoms with E-state index in [0.29, 0.717) is 5.56 Å². The first-order chi connectivity index (χ1) is 23.2. The molecule has 49 heavy (non-hydrogen) atoms. The molecule has 3 atom stereocenters. The van der Waals surface area contributed by atoms with Gasteiger partial charge in [0, 0.05) is 12.1 Å². The van der Waals surface area contributed by atoms with Gasteiger partial charge in [0.2, 0.25) is 5.91 Å². The number of benzene rings is 3. The molecule has 0 saturated heterocycles. The fourth-order valence-electron chi connectivity index (χ4n) is 5.25. The number of carboxylic acid groups (broad SMARTS) is 1. The molecular weight excluding hydrogens is 616 g/mol. The smallest absolute Gasteiger partial charge is 0.331 e. The lowest BCUT2D eigenvalue weighted by Gasteiger charge is -2.32. The summed E-state index contributed by atoms with van der Waals surface area (Å²) in [7, 11) is 0. The molecule has 0 aliphatic carbocycles. The molecule has 3 N–H and O–H groups in total. The Balaban J connectivity index is 1.54. The van der Waals surface area contributed by atoms with Crippen LogP contribution < -0.4 is 10.6 Å². The summed E-state index contributed by atoms with van der Waals surface area (Å²) >= 11 is 0. The molecule has 2 amide bonds. The molecule has 1 heterocycles. The summed E-state index contributed by atoms with van der Waals surface area (Å²) < 4.78 is 7.34. The molecule has 4 aromatic rings. The van der Waals surface area contributed by atoms with Crippen LogP contribution in [0.4, 0.5) is 5.82 Å². The van der Waals surface area contributed by atoms with Gasteiger partial charge < -0.3 is 25.0 Å². The minimum absolute atomic E-state index is 0.0690. The number of carbonyl (C=O) groups is 3. The third-order valence-electron chi connectivity index (χ3n) is 8.59. The number of fused-ring (bicyclic) bond motifs is 1. The van der Waals surface area contributed by atoms with Gasteiger partial charge in [-0.05, 0) is 39.0 Å². The van der Waals surface area contributed by atoms with E-state index >= 15 is 0 Å². The van der Waals surface area contributed by atoms with Crippen molar-refractivity contribution in [1.82, 2.24) is 14.9 Å². The van der Waals surface area contributed by atoms with Crippen LogP contribution in [-0.4, -0.2) is 45.1 Å². The number of aliphatic carboxylic acids is 1. The molecule has 2 unspecified atom stereocenters. The van der Waals surface area contributed by atoms with E-state index in [2.05, 4.69) is 48.7 Å². The monoisotopic (exact) mass is 662 g/mol. The average Bonchev–Trinajstić information content (AvgIpc) is 3.51. The Morgan fingerprint density at radius 2 is 1.67 bits per heavy atom. The second-order valence-corrected chi connectivity index (χ2v) is 13.8. The first-order valence-corrected chi connectivity index (χ1v) is 16.3. The Hall–Kier alpha value is -5.24. The molecular formula is C40H46N4O5. The van der Waals surface area contributed by atoms with Gasteiger partial charge in [0.05, 0.1) is 25.0 Å². The van der Waals surface area contributed by atoms with Crippen molar-refractivity contribution < 1.29 is 24.2 Å². The fraction of sp³-hybridized carbons (Fsp3) is 0.325. The van der Waals surface area contributed by atoms with Crippen LogP contribution in [0.15, 0.2) is 115 Å². The first kappa shape index (κ1) is 36.6. The maximum Gasteiger partial charge on any atom is 0.331 e. The Labute approximate surface area is 288 Å². The third-order valence-corrected chi connectivity index (χ3v) is 8.59. The molecule has 9 nitrogen and oxygen atoms in total. The van der Waals surface area contributed by atoms with E-state index < -0.39 is 29.4 Å². The summed E-state index contributed by atoms with van der Waals surface area (Å²) in [5.74, 6) is -2.13. The summed E-state index contributed by atoms with van der Waals surface area (Å²) in [5, 5.41) is 17.7. The lowest BCUT2D eigenvalue weighted by molar-refractivity contribution is -0.139. The number of amides is 2. The van der Waals surface area contributed by atoms with Crippen LogP contribution in [0.1, 0.15) is 58.7 Å². The number of anilines is 1. The number of carbonyl (C=O) groups excluding carboxylic acids is 2. The molecule has 0 spiro atoms. The van der Waals surface area contributed by atoms with Gasteiger partial charge in [0.15, 0.2) is 11.9 Å². The molecule has 4 rings (SSSR count). The van der Waals surface area contributed by atoms with Gasteiger partial charge in [-0.2, -0.15) is 0 Å². The number of allylic oxidation sites excluding steroid dienone is 3. The molecule has 0 aliphatic rings. The quantitative estimate of drug-likeness (QED) is 0.0961. The van der Waals surface area contributed by atoms with Crippen LogP contribution in [0.3, 0.4) is 0 Å². The van der Waals surface area contributed by atoms with Crippen molar-refractivity contribution in [2.75, 3.05) is 11.9 Å².